The lowest BCUT2D eigenvalue weighted by atomic mass is 9.90. The lowest BCUT2D eigenvalue weighted by Crippen LogP contribution is -1.98. The Bertz CT molecular complexity index is 1320. The van der Waals surface area contributed by atoms with Crippen molar-refractivity contribution >= 4 is 33.5 Å². The van der Waals surface area contributed by atoms with Gasteiger partial charge in [-0.3, -0.25) is 0 Å². The summed E-state index contributed by atoms with van der Waals surface area (Å²) in [6, 6.07) is 22.5. The normalized spacial score (nSPS) is 11.1. The van der Waals surface area contributed by atoms with Crippen molar-refractivity contribution in [2.24, 2.45) is 0 Å². The second-order valence-electron chi connectivity index (χ2n) is 7.15. The summed E-state index contributed by atoms with van der Waals surface area (Å²) in [5.41, 5.74) is 1.71. The van der Waals surface area contributed by atoms with E-state index in [0.717, 1.165) is 32.7 Å². The summed E-state index contributed by atoms with van der Waals surface area (Å²) >= 11 is 0. The van der Waals surface area contributed by atoms with E-state index in [-0.39, 0.29) is 11.5 Å². The number of esters is 2. The molecular formula is C26H18O6. The van der Waals surface area contributed by atoms with E-state index in [1.54, 1.807) is 24.3 Å². The van der Waals surface area contributed by atoms with Crippen LogP contribution < -0.4 is 0 Å². The number of methoxy groups -OCH3 is 2. The number of carbonyl (C=O) groups is 2. The van der Waals surface area contributed by atoms with Gasteiger partial charge in [-0.15, -0.1) is 0 Å². The fourth-order valence-corrected chi connectivity index (χ4v) is 4.02. The fourth-order valence-electron chi connectivity index (χ4n) is 4.02. The predicted octanol–water partition coefficient (Wildman–Crippen LogP) is 6.09. The van der Waals surface area contributed by atoms with Crippen molar-refractivity contribution in [3.63, 3.8) is 0 Å². The first kappa shape index (κ1) is 19.6. The summed E-state index contributed by atoms with van der Waals surface area (Å²) in [6.07, 6.45) is 0. The molecule has 32 heavy (non-hydrogen) atoms. The summed E-state index contributed by atoms with van der Waals surface area (Å²) in [6.45, 7) is 0. The van der Waals surface area contributed by atoms with Gasteiger partial charge in [-0.05, 0) is 45.8 Å². The Balaban J connectivity index is 1.84. The number of fused-ring (bicyclic) bond motifs is 2. The highest BCUT2D eigenvalue weighted by atomic mass is 16.5. The molecule has 0 N–H and O–H groups in total. The molecule has 0 bridgehead atoms. The molecule has 0 saturated carbocycles. The first-order valence-corrected chi connectivity index (χ1v) is 9.93. The molecule has 0 saturated heterocycles. The number of ether oxygens (including phenoxy) is 2. The first-order chi connectivity index (χ1) is 15.6. The van der Waals surface area contributed by atoms with Crippen LogP contribution in [0.15, 0.2) is 81.6 Å². The Kier molecular flexibility index (Phi) is 4.75. The molecule has 0 aliphatic carbocycles. The first-order valence-electron chi connectivity index (χ1n) is 9.93. The highest BCUT2D eigenvalue weighted by molar-refractivity contribution is 6.20. The molecule has 0 radical (unpaired) electrons. The van der Waals surface area contributed by atoms with E-state index in [1.165, 1.54) is 14.2 Å². The van der Waals surface area contributed by atoms with Crippen LogP contribution in [0.3, 0.4) is 0 Å². The molecule has 0 aliphatic rings. The average molecular weight is 426 g/mol. The number of hydrogen-bond donors (Lipinski definition) is 0. The minimum Gasteiger partial charge on any atom is -0.463 e. The van der Waals surface area contributed by atoms with Gasteiger partial charge < -0.3 is 18.3 Å². The molecule has 0 spiro atoms. The number of carbonyl (C=O) groups excluding carboxylic acids is 2. The van der Waals surface area contributed by atoms with Crippen molar-refractivity contribution in [2.75, 3.05) is 14.2 Å². The fraction of sp³-hybridized carbons (Fsp3) is 0.0769. The Morgan fingerprint density at radius 3 is 1.22 bits per heavy atom. The van der Waals surface area contributed by atoms with Gasteiger partial charge in [0.1, 0.15) is 11.5 Å². The van der Waals surface area contributed by atoms with Crippen LogP contribution in [0, 0.1) is 0 Å². The Labute approximate surface area is 183 Å². The minimum atomic E-state index is -0.535. The summed E-state index contributed by atoms with van der Waals surface area (Å²) in [5, 5.41) is 3.68. The van der Waals surface area contributed by atoms with Crippen molar-refractivity contribution in [3.05, 3.63) is 84.3 Å². The second kappa shape index (κ2) is 7.74. The molecule has 158 valence electrons. The molecule has 0 unspecified atom stereocenters. The van der Waals surface area contributed by atoms with Crippen LogP contribution in [0.25, 0.3) is 44.2 Å². The molecule has 6 heteroatoms. The van der Waals surface area contributed by atoms with Gasteiger partial charge in [0.15, 0.2) is 0 Å². The van der Waals surface area contributed by atoms with E-state index in [2.05, 4.69) is 0 Å². The maximum Gasteiger partial charge on any atom is 0.373 e. The second-order valence-corrected chi connectivity index (χ2v) is 7.15. The van der Waals surface area contributed by atoms with Gasteiger partial charge in [-0.2, -0.15) is 0 Å². The van der Waals surface area contributed by atoms with Crippen LogP contribution in [0.2, 0.25) is 0 Å². The Hall–Kier alpha value is -4.32. The summed E-state index contributed by atoms with van der Waals surface area (Å²) < 4.78 is 21.3. The zero-order chi connectivity index (χ0) is 22.2. The molecular weight excluding hydrogens is 408 g/mol. The number of hydrogen-bond acceptors (Lipinski definition) is 6. The van der Waals surface area contributed by atoms with Gasteiger partial charge in [-0.25, -0.2) is 9.59 Å². The molecule has 0 fully saturated rings. The minimum absolute atomic E-state index is 0.133. The van der Waals surface area contributed by atoms with E-state index in [1.807, 2.05) is 48.5 Å². The highest BCUT2D eigenvalue weighted by Gasteiger charge is 2.22. The van der Waals surface area contributed by atoms with Crippen LogP contribution in [-0.2, 0) is 9.47 Å². The predicted molar refractivity (Wildman–Crippen MR) is 120 cm³/mol. The Morgan fingerprint density at radius 2 is 0.906 bits per heavy atom. The van der Waals surface area contributed by atoms with E-state index in [0.29, 0.717) is 11.5 Å². The summed E-state index contributed by atoms with van der Waals surface area (Å²) in [5.74, 6) is 0.305. The number of furan rings is 2. The lowest BCUT2D eigenvalue weighted by molar-refractivity contribution is 0.0558. The van der Waals surface area contributed by atoms with Gasteiger partial charge in [0.25, 0.3) is 0 Å². The highest BCUT2D eigenvalue weighted by Crippen LogP contribution is 2.44. The average Bonchev–Trinajstić information content (AvgIpc) is 3.51. The van der Waals surface area contributed by atoms with Gasteiger partial charge in [0.2, 0.25) is 11.5 Å². The van der Waals surface area contributed by atoms with Crippen molar-refractivity contribution in [2.45, 2.75) is 0 Å². The molecule has 5 aromatic rings. The third-order valence-electron chi connectivity index (χ3n) is 5.41. The van der Waals surface area contributed by atoms with Crippen LogP contribution in [-0.4, -0.2) is 26.2 Å². The summed E-state index contributed by atoms with van der Waals surface area (Å²) in [4.78, 5) is 23.9. The zero-order valence-corrected chi connectivity index (χ0v) is 17.4. The van der Waals surface area contributed by atoms with E-state index < -0.39 is 11.9 Å². The molecule has 6 nitrogen and oxygen atoms in total. The van der Waals surface area contributed by atoms with Gasteiger partial charge >= 0.3 is 11.9 Å². The molecule has 0 atom stereocenters. The SMILES string of the molecule is COC(=O)c1ccc(-c2c3ccccc3c(-c3ccc(C(=O)OC)o3)c3ccccc23)o1. The smallest absolute Gasteiger partial charge is 0.373 e. The molecule has 0 aliphatic heterocycles. The molecule has 5 rings (SSSR count). The van der Waals surface area contributed by atoms with Crippen molar-refractivity contribution in [1.29, 1.82) is 0 Å². The van der Waals surface area contributed by atoms with E-state index in [4.69, 9.17) is 18.3 Å². The van der Waals surface area contributed by atoms with Crippen LogP contribution in [0.1, 0.15) is 21.1 Å². The quantitative estimate of drug-likeness (QED) is 0.256. The van der Waals surface area contributed by atoms with Crippen molar-refractivity contribution in [1.82, 2.24) is 0 Å². The largest absolute Gasteiger partial charge is 0.463 e. The van der Waals surface area contributed by atoms with Gasteiger partial charge in [0.05, 0.1) is 14.2 Å². The zero-order valence-electron chi connectivity index (χ0n) is 17.4. The van der Waals surface area contributed by atoms with E-state index >= 15 is 0 Å². The van der Waals surface area contributed by atoms with Crippen molar-refractivity contribution in [3.8, 4) is 22.6 Å². The van der Waals surface area contributed by atoms with Gasteiger partial charge in [-0.1, -0.05) is 48.5 Å². The topological polar surface area (TPSA) is 78.9 Å². The maximum absolute atomic E-state index is 11.9. The van der Waals surface area contributed by atoms with Gasteiger partial charge in [0, 0.05) is 11.1 Å². The molecule has 3 aromatic carbocycles. The Morgan fingerprint density at radius 1 is 0.562 bits per heavy atom. The molecule has 0 amide bonds. The molecule has 2 aromatic heterocycles. The third-order valence-corrected chi connectivity index (χ3v) is 5.41. The number of benzene rings is 3. The number of rotatable bonds is 4. The van der Waals surface area contributed by atoms with Crippen LogP contribution in [0.5, 0.6) is 0 Å². The third kappa shape index (κ3) is 3.04. The summed E-state index contributed by atoms with van der Waals surface area (Å²) in [7, 11) is 2.63. The molecule has 2 heterocycles. The maximum atomic E-state index is 11.9. The van der Waals surface area contributed by atoms with Crippen LogP contribution >= 0.6 is 0 Å². The monoisotopic (exact) mass is 426 g/mol. The van der Waals surface area contributed by atoms with Crippen LogP contribution in [0.4, 0.5) is 0 Å². The lowest BCUT2D eigenvalue weighted by Gasteiger charge is -2.14. The standard InChI is InChI=1S/C26H18O6/c1-29-25(27)21-13-11-19(31-21)23-15-7-3-5-9-17(15)24(18-10-6-4-8-16(18)23)20-12-14-22(32-20)26(28)30-2/h3-14H,1-2H3. The van der Waals surface area contributed by atoms with E-state index in [9.17, 15) is 9.59 Å². The van der Waals surface area contributed by atoms with Crippen molar-refractivity contribution < 1.29 is 27.9 Å².